The lowest BCUT2D eigenvalue weighted by atomic mass is 10.1. The average molecular weight is 274 g/mol. The molecule has 106 valence electrons. The van der Waals surface area contributed by atoms with Gasteiger partial charge in [0.25, 0.3) is 0 Å². The number of methoxy groups -OCH3 is 1. The molecular weight excluding hydrogens is 256 g/mol. The number of rotatable bonds is 6. The van der Waals surface area contributed by atoms with E-state index in [-0.39, 0.29) is 11.7 Å². The first-order chi connectivity index (χ1) is 9.63. The normalized spacial score (nSPS) is 12.2. The van der Waals surface area contributed by atoms with Gasteiger partial charge in [-0.25, -0.2) is 0 Å². The van der Waals surface area contributed by atoms with Gasteiger partial charge in [-0.15, -0.1) is 0 Å². The zero-order chi connectivity index (χ0) is 14.5. The van der Waals surface area contributed by atoms with Gasteiger partial charge in [0.15, 0.2) is 5.82 Å². The maximum Gasteiger partial charge on any atom is 0.236 e. The first-order valence-corrected chi connectivity index (χ1v) is 6.62. The number of hydrogen-bond acceptors (Lipinski definition) is 5. The Kier molecular flexibility index (Phi) is 4.50. The van der Waals surface area contributed by atoms with Crippen molar-refractivity contribution in [1.29, 1.82) is 0 Å². The minimum atomic E-state index is -0.336. The van der Waals surface area contributed by atoms with E-state index < -0.39 is 0 Å². The summed E-state index contributed by atoms with van der Waals surface area (Å²) in [5.74, 6) is 1.55. The molecule has 1 aromatic carbocycles. The lowest BCUT2D eigenvalue weighted by Crippen LogP contribution is -2.07. The van der Waals surface area contributed by atoms with E-state index in [1.807, 2.05) is 31.2 Å². The van der Waals surface area contributed by atoms with Crippen molar-refractivity contribution in [1.82, 2.24) is 10.1 Å². The molecule has 0 amide bonds. The number of aromatic nitrogens is 2. The van der Waals surface area contributed by atoms with Crippen molar-refractivity contribution in [3.63, 3.8) is 0 Å². The summed E-state index contributed by atoms with van der Waals surface area (Å²) in [6.07, 6.45) is 1.04. The molecule has 0 aliphatic heterocycles. The van der Waals surface area contributed by atoms with E-state index in [2.05, 4.69) is 10.1 Å². The number of carbonyl (C=O) groups excluding carboxylic acids is 1. The number of Topliss-reactive ketones (excluding diaryl/α,β-unsaturated/α-hetero) is 1. The molecule has 2 aromatic rings. The van der Waals surface area contributed by atoms with Crippen LogP contribution in [0.15, 0.2) is 28.8 Å². The molecule has 0 aliphatic rings. The Labute approximate surface area is 118 Å². The van der Waals surface area contributed by atoms with Crippen LogP contribution in [0.3, 0.4) is 0 Å². The third-order valence-corrected chi connectivity index (χ3v) is 3.21. The van der Waals surface area contributed by atoms with Crippen LogP contribution in [0, 0.1) is 0 Å². The molecule has 0 radical (unpaired) electrons. The van der Waals surface area contributed by atoms with E-state index in [1.54, 1.807) is 14.0 Å². The summed E-state index contributed by atoms with van der Waals surface area (Å²) >= 11 is 0. The Balaban J connectivity index is 2.07. The van der Waals surface area contributed by atoms with Crippen LogP contribution >= 0.6 is 0 Å². The van der Waals surface area contributed by atoms with Gasteiger partial charge in [0.05, 0.1) is 13.0 Å². The van der Waals surface area contributed by atoms with Crippen LogP contribution in [-0.2, 0) is 11.2 Å². The standard InChI is InChI=1S/C15H18N2O3/c1-4-13(18)10(2)15-16-14(17-20-15)9-11-5-7-12(19-3)8-6-11/h5-8,10H,4,9H2,1-3H3. The van der Waals surface area contributed by atoms with E-state index in [9.17, 15) is 4.79 Å². The number of carbonyl (C=O) groups is 1. The van der Waals surface area contributed by atoms with E-state index in [1.165, 1.54) is 0 Å². The summed E-state index contributed by atoms with van der Waals surface area (Å²) in [4.78, 5) is 15.9. The van der Waals surface area contributed by atoms with Gasteiger partial charge in [0, 0.05) is 12.8 Å². The third kappa shape index (κ3) is 3.23. The number of nitrogens with zero attached hydrogens (tertiary/aromatic N) is 2. The molecule has 0 aliphatic carbocycles. The Bertz CT molecular complexity index is 575. The van der Waals surface area contributed by atoms with Crippen molar-refractivity contribution >= 4 is 5.78 Å². The molecule has 2 rings (SSSR count). The molecule has 1 aromatic heterocycles. The van der Waals surface area contributed by atoms with Gasteiger partial charge in [-0.2, -0.15) is 4.98 Å². The highest BCUT2D eigenvalue weighted by molar-refractivity contribution is 5.83. The Hall–Kier alpha value is -2.17. The molecule has 0 fully saturated rings. The first kappa shape index (κ1) is 14.2. The van der Waals surface area contributed by atoms with Crippen LogP contribution < -0.4 is 4.74 Å². The molecule has 20 heavy (non-hydrogen) atoms. The minimum absolute atomic E-state index is 0.102. The first-order valence-electron chi connectivity index (χ1n) is 6.62. The van der Waals surface area contributed by atoms with Gasteiger partial charge in [0.1, 0.15) is 11.5 Å². The molecule has 0 N–H and O–H groups in total. The van der Waals surface area contributed by atoms with Crippen LogP contribution in [-0.4, -0.2) is 23.0 Å². The summed E-state index contributed by atoms with van der Waals surface area (Å²) < 4.78 is 10.3. The number of ketones is 1. The molecule has 0 saturated carbocycles. The Morgan fingerprint density at radius 2 is 2.05 bits per heavy atom. The SMILES string of the molecule is CCC(=O)C(C)c1nc(Cc2ccc(OC)cc2)no1. The van der Waals surface area contributed by atoms with Crippen molar-refractivity contribution < 1.29 is 14.1 Å². The molecule has 0 spiro atoms. The summed E-state index contributed by atoms with van der Waals surface area (Å²) in [7, 11) is 1.63. The lowest BCUT2D eigenvalue weighted by Gasteiger charge is -2.01. The van der Waals surface area contributed by atoms with Crippen molar-refractivity contribution in [2.45, 2.75) is 32.6 Å². The lowest BCUT2D eigenvalue weighted by molar-refractivity contribution is -0.120. The highest BCUT2D eigenvalue weighted by Crippen LogP contribution is 2.18. The summed E-state index contributed by atoms with van der Waals surface area (Å²) in [6, 6.07) is 7.68. The maximum absolute atomic E-state index is 11.6. The molecule has 1 atom stereocenters. The van der Waals surface area contributed by atoms with Crippen LogP contribution in [0.1, 0.15) is 43.5 Å². The fourth-order valence-electron chi connectivity index (χ4n) is 1.89. The average Bonchev–Trinajstić information content (AvgIpc) is 2.95. The monoisotopic (exact) mass is 274 g/mol. The highest BCUT2D eigenvalue weighted by atomic mass is 16.5. The second kappa shape index (κ2) is 6.32. The molecule has 0 saturated heterocycles. The third-order valence-electron chi connectivity index (χ3n) is 3.21. The number of hydrogen-bond donors (Lipinski definition) is 0. The molecule has 1 unspecified atom stereocenters. The highest BCUT2D eigenvalue weighted by Gasteiger charge is 2.20. The van der Waals surface area contributed by atoms with Gasteiger partial charge in [-0.05, 0) is 24.6 Å². The second-order valence-electron chi connectivity index (χ2n) is 4.62. The quantitative estimate of drug-likeness (QED) is 0.810. The summed E-state index contributed by atoms with van der Waals surface area (Å²) in [5, 5.41) is 3.92. The van der Waals surface area contributed by atoms with E-state index in [0.29, 0.717) is 24.6 Å². The van der Waals surface area contributed by atoms with Gasteiger partial charge in [-0.3, -0.25) is 4.79 Å². The van der Waals surface area contributed by atoms with Crippen molar-refractivity contribution in [3.8, 4) is 5.75 Å². The summed E-state index contributed by atoms with van der Waals surface area (Å²) in [6.45, 7) is 3.62. The number of benzene rings is 1. The van der Waals surface area contributed by atoms with Gasteiger partial charge < -0.3 is 9.26 Å². The predicted molar refractivity (Wildman–Crippen MR) is 73.8 cm³/mol. The molecule has 1 heterocycles. The predicted octanol–water partition coefficient (Wildman–Crippen LogP) is 2.75. The maximum atomic E-state index is 11.6. The largest absolute Gasteiger partial charge is 0.497 e. The van der Waals surface area contributed by atoms with Crippen LogP contribution in [0.25, 0.3) is 0 Å². The van der Waals surface area contributed by atoms with Crippen molar-refractivity contribution in [2.24, 2.45) is 0 Å². The fourth-order valence-corrected chi connectivity index (χ4v) is 1.89. The van der Waals surface area contributed by atoms with E-state index in [0.717, 1.165) is 11.3 Å². The van der Waals surface area contributed by atoms with Crippen molar-refractivity contribution in [3.05, 3.63) is 41.5 Å². The zero-order valence-electron chi connectivity index (χ0n) is 11.9. The molecule has 5 nitrogen and oxygen atoms in total. The molecule has 0 bridgehead atoms. The second-order valence-corrected chi connectivity index (χ2v) is 4.62. The van der Waals surface area contributed by atoms with Crippen LogP contribution in [0.2, 0.25) is 0 Å². The van der Waals surface area contributed by atoms with Crippen LogP contribution in [0.4, 0.5) is 0 Å². The van der Waals surface area contributed by atoms with Gasteiger partial charge in [-0.1, -0.05) is 24.2 Å². The molecular formula is C15H18N2O3. The van der Waals surface area contributed by atoms with Crippen molar-refractivity contribution in [2.75, 3.05) is 7.11 Å². The van der Waals surface area contributed by atoms with Crippen LogP contribution in [0.5, 0.6) is 5.75 Å². The topological polar surface area (TPSA) is 65.2 Å². The summed E-state index contributed by atoms with van der Waals surface area (Å²) in [5.41, 5.74) is 1.06. The Morgan fingerprint density at radius 1 is 1.35 bits per heavy atom. The minimum Gasteiger partial charge on any atom is -0.497 e. The van der Waals surface area contributed by atoms with Gasteiger partial charge >= 0.3 is 0 Å². The number of ether oxygens (including phenoxy) is 1. The van der Waals surface area contributed by atoms with E-state index >= 15 is 0 Å². The zero-order valence-corrected chi connectivity index (χ0v) is 11.9. The van der Waals surface area contributed by atoms with Gasteiger partial charge in [0.2, 0.25) is 5.89 Å². The molecule has 5 heteroatoms. The van der Waals surface area contributed by atoms with E-state index in [4.69, 9.17) is 9.26 Å². The fraction of sp³-hybridized carbons (Fsp3) is 0.400. The Morgan fingerprint density at radius 3 is 2.65 bits per heavy atom. The smallest absolute Gasteiger partial charge is 0.236 e.